The van der Waals surface area contributed by atoms with Crippen LogP contribution in [0.5, 0.6) is 0 Å². The molecule has 0 aliphatic carbocycles. The maximum absolute atomic E-state index is 12.3. The first-order chi connectivity index (χ1) is 9.59. The van der Waals surface area contributed by atoms with Crippen molar-refractivity contribution in [3.05, 3.63) is 65.7 Å². The second-order valence-electron chi connectivity index (χ2n) is 4.52. The van der Waals surface area contributed by atoms with E-state index in [1.165, 1.54) is 0 Å². The molecule has 2 rings (SSSR count). The molecule has 1 N–H and O–H groups in total. The van der Waals surface area contributed by atoms with E-state index in [2.05, 4.69) is 37.2 Å². The number of aryl methyl sites for hydroxylation is 1. The van der Waals surface area contributed by atoms with Crippen LogP contribution in [0.4, 0.5) is 5.69 Å². The molecule has 20 heavy (non-hydrogen) atoms. The Balaban J connectivity index is 2.08. The molecule has 0 aliphatic rings. The van der Waals surface area contributed by atoms with Crippen LogP contribution in [0.3, 0.4) is 0 Å². The third kappa shape index (κ3) is 3.70. The molecule has 2 atom stereocenters. The van der Waals surface area contributed by atoms with E-state index >= 15 is 0 Å². The Kier molecular flexibility index (Phi) is 5.38. The molecule has 0 aliphatic heterocycles. The summed E-state index contributed by atoms with van der Waals surface area (Å²) in [5, 5.41) is 2.94. The summed E-state index contributed by atoms with van der Waals surface area (Å²) < 4.78 is 0. The first-order valence-corrected chi connectivity index (χ1v) is 8.12. The highest BCUT2D eigenvalue weighted by molar-refractivity contribution is 9.12. The summed E-state index contributed by atoms with van der Waals surface area (Å²) in [5.41, 5.74) is 2.95. The fourth-order valence-corrected chi connectivity index (χ4v) is 2.82. The Morgan fingerprint density at radius 2 is 1.60 bits per heavy atom. The number of rotatable bonds is 4. The molecule has 104 valence electrons. The number of hydrogen-bond acceptors (Lipinski definition) is 1. The number of carbonyl (C=O) groups is 1. The standard InChI is InChI=1S/C16H15Br2NO/c1-11-7-5-6-10-13(11)19-16(20)15(18)14(17)12-8-3-2-4-9-12/h2-10,14-15H,1H3,(H,19,20)/t14-,15+/m0/s1. The van der Waals surface area contributed by atoms with Gasteiger partial charge in [0.25, 0.3) is 0 Å². The lowest BCUT2D eigenvalue weighted by molar-refractivity contribution is -0.115. The van der Waals surface area contributed by atoms with Crippen molar-refractivity contribution in [1.82, 2.24) is 0 Å². The minimum Gasteiger partial charge on any atom is -0.325 e. The van der Waals surface area contributed by atoms with Crippen LogP contribution in [0.2, 0.25) is 0 Å². The monoisotopic (exact) mass is 395 g/mol. The largest absolute Gasteiger partial charge is 0.325 e. The highest BCUT2D eigenvalue weighted by Crippen LogP contribution is 2.32. The summed E-state index contributed by atoms with van der Waals surface area (Å²) >= 11 is 7.04. The van der Waals surface area contributed by atoms with Gasteiger partial charge in [0.15, 0.2) is 0 Å². The van der Waals surface area contributed by atoms with Crippen molar-refractivity contribution in [3.8, 4) is 0 Å². The van der Waals surface area contributed by atoms with Gasteiger partial charge in [0, 0.05) is 5.69 Å². The van der Waals surface area contributed by atoms with Crippen molar-refractivity contribution in [1.29, 1.82) is 0 Å². The predicted octanol–water partition coefficient (Wildman–Crippen LogP) is 4.83. The number of anilines is 1. The average molecular weight is 397 g/mol. The van der Waals surface area contributed by atoms with Gasteiger partial charge in [0.05, 0.1) is 4.83 Å². The number of benzene rings is 2. The van der Waals surface area contributed by atoms with Gasteiger partial charge in [-0.1, -0.05) is 80.4 Å². The van der Waals surface area contributed by atoms with Crippen molar-refractivity contribution in [2.24, 2.45) is 0 Å². The van der Waals surface area contributed by atoms with Gasteiger partial charge in [-0.05, 0) is 24.1 Å². The number of amides is 1. The molecule has 1 amide bonds. The Labute approximate surface area is 135 Å². The SMILES string of the molecule is Cc1ccccc1NC(=O)[C@H](Br)[C@@H](Br)c1ccccc1. The van der Waals surface area contributed by atoms with Crippen LogP contribution >= 0.6 is 31.9 Å². The maximum atomic E-state index is 12.3. The Morgan fingerprint density at radius 1 is 1.00 bits per heavy atom. The van der Waals surface area contributed by atoms with Gasteiger partial charge in [0.1, 0.15) is 4.83 Å². The third-order valence-corrected chi connectivity index (χ3v) is 5.74. The normalized spacial score (nSPS) is 13.6. The fourth-order valence-electron chi connectivity index (χ4n) is 1.85. The zero-order chi connectivity index (χ0) is 14.5. The smallest absolute Gasteiger partial charge is 0.239 e. The molecular weight excluding hydrogens is 382 g/mol. The molecule has 0 radical (unpaired) electrons. The summed E-state index contributed by atoms with van der Waals surface area (Å²) in [6.07, 6.45) is 0. The molecule has 2 aromatic carbocycles. The fraction of sp³-hybridized carbons (Fsp3) is 0.188. The average Bonchev–Trinajstić information content (AvgIpc) is 2.49. The van der Waals surface area contributed by atoms with E-state index < -0.39 is 0 Å². The van der Waals surface area contributed by atoms with E-state index in [-0.39, 0.29) is 15.6 Å². The van der Waals surface area contributed by atoms with E-state index in [1.54, 1.807) is 0 Å². The minimum absolute atomic E-state index is 0.0648. The van der Waals surface area contributed by atoms with E-state index in [0.29, 0.717) is 0 Å². The second kappa shape index (κ2) is 7.04. The molecule has 0 heterocycles. The zero-order valence-electron chi connectivity index (χ0n) is 11.0. The molecule has 2 nitrogen and oxygen atoms in total. The van der Waals surface area contributed by atoms with Crippen molar-refractivity contribution < 1.29 is 4.79 Å². The predicted molar refractivity (Wildman–Crippen MR) is 90.6 cm³/mol. The molecule has 0 aromatic heterocycles. The van der Waals surface area contributed by atoms with Crippen molar-refractivity contribution in [3.63, 3.8) is 0 Å². The molecule has 0 spiro atoms. The summed E-state index contributed by atoms with van der Waals surface area (Å²) in [5.74, 6) is -0.0648. The highest BCUT2D eigenvalue weighted by Gasteiger charge is 2.25. The van der Waals surface area contributed by atoms with Crippen molar-refractivity contribution >= 4 is 43.5 Å². The van der Waals surface area contributed by atoms with E-state index in [4.69, 9.17) is 0 Å². The molecule has 2 aromatic rings. The first-order valence-electron chi connectivity index (χ1n) is 6.29. The molecule has 4 heteroatoms. The molecule has 0 unspecified atom stereocenters. The first kappa shape index (κ1) is 15.3. The van der Waals surface area contributed by atoms with Gasteiger partial charge >= 0.3 is 0 Å². The van der Waals surface area contributed by atoms with Crippen molar-refractivity contribution in [2.45, 2.75) is 16.6 Å². The number of alkyl halides is 2. The van der Waals surface area contributed by atoms with Crippen LogP contribution in [0, 0.1) is 6.92 Å². The Bertz CT molecular complexity index is 586. The van der Waals surface area contributed by atoms with E-state index in [1.807, 2.05) is 61.5 Å². The lowest BCUT2D eigenvalue weighted by Crippen LogP contribution is -2.26. The molecule has 0 bridgehead atoms. The zero-order valence-corrected chi connectivity index (χ0v) is 14.2. The lowest BCUT2D eigenvalue weighted by Gasteiger charge is -2.17. The van der Waals surface area contributed by atoms with Gasteiger partial charge in [-0.3, -0.25) is 4.79 Å². The summed E-state index contributed by atoms with van der Waals surface area (Å²) in [6.45, 7) is 1.97. The van der Waals surface area contributed by atoms with Gasteiger partial charge in [-0.15, -0.1) is 0 Å². The lowest BCUT2D eigenvalue weighted by atomic mass is 10.1. The van der Waals surface area contributed by atoms with Crippen LogP contribution in [0.1, 0.15) is 16.0 Å². The summed E-state index contributed by atoms with van der Waals surface area (Å²) in [7, 11) is 0. The molecule has 0 fully saturated rings. The van der Waals surface area contributed by atoms with E-state index in [9.17, 15) is 4.79 Å². The van der Waals surface area contributed by atoms with Gasteiger partial charge < -0.3 is 5.32 Å². The summed E-state index contributed by atoms with van der Waals surface area (Å²) in [6, 6.07) is 17.6. The Morgan fingerprint density at radius 3 is 2.25 bits per heavy atom. The number of hydrogen-bond donors (Lipinski definition) is 1. The van der Waals surface area contributed by atoms with Gasteiger partial charge in [-0.2, -0.15) is 0 Å². The molecule has 0 saturated heterocycles. The molecule has 0 saturated carbocycles. The van der Waals surface area contributed by atoms with Crippen LogP contribution < -0.4 is 5.32 Å². The maximum Gasteiger partial charge on any atom is 0.239 e. The number of nitrogens with one attached hydrogen (secondary N) is 1. The van der Waals surface area contributed by atoms with Crippen LogP contribution in [0.25, 0.3) is 0 Å². The number of para-hydroxylation sites is 1. The number of halogens is 2. The summed E-state index contributed by atoms with van der Waals surface area (Å²) in [4.78, 5) is 11.9. The van der Waals surface area contributed by atoms with Gasteiger partial charge in [0.2, 0.25) is 5.91 Å². The van der Waals surface area contributed by atoms with Crippen molar-refractivity contribution in [2.75, 3.05) is 5.32 Å². The van der Waals surface area contributed by atoms with Crippen LogP contribution in [-0.4, -0.2) is 10.7 Å². The second-order valence-corrected chi connectivity index (χ2v) is 6.49. The Hall–Kier alpha value is -1.13. The van der Waals surface area contributed by atoms with Crippen LogP contribution in [0.15, 0.2) is 54.6 Å². The highest BCUT2D eigenvalue weighted by atomic mass is 79.9. The van der Waals surface area contributed by atoms with E-state index in [0.717, 1.165) is 16.8 Å². The molecular formula is C16H15Br2NO. The third-order valence-electron chi connectivity index (χ3n) is 3.03. The topological polar surface area (TPSA) is 29.1 Å². The minimum atomic E-state index is -0.343. The van der Waals surface area contributed by atoms with Gasteiger partial charge in [-0.25, -0.2) is 0 Å². The number of carbonyl (C=O) groups excluding carboxylic acids is 1. The van der Waals surface area contributed by atoms with Crippen LogP contribution in [-0.2, 0) is 4.79 Å². The quantitative estimate of drug-likeness (QED) is 0.736.